The van der Waals surface area contributed by atoms with Gasteiger partial charge in [0.1, 0.15) is 5.82 Å². The molecule has 0 unspecified atom stereocenters. The Labute approximate surface area is 123 Å². The van der Waals surface area contributed by atoms with Crippen molar-refractivity contribution in [2.45, 2.75) is 52.5 Å². The molecule has 1 aromatic heterocycles. The summed E-state index contributed by atoms with van der Waals surface area (Å²) in [5.74, 6) is 1.98. The Balaban J connectivity index is 1.95. The Morgan fingerprint density at radius 1 is 1.25 bits per heavy atom. The van der Waals surface area contributed by atoms with E-state index in [1.54, 1.807) is 0 Å². The predicted molar refractivity (Wildman–Crippen MR) is 86.2 cm³/mol. The number of hydrogen-bond acceptors (Lipinski definition) is 3. The molecule has 1 heterocycles. The van der Waals surface area contributed by atoms with Crippen LogP contribution in [0.15, 0.2) is 12.1 Å². The van der Waals surface area contributed by atoms with Crippen LogP contribution in [-0.4, -0.2) is 25.1 Å². The Bertz CT molecular complexity index is 411. The highest BCUT2D eigenvalue weighted by Gasteiger charge is 2.16. The average Bonchev–Trinajstić information content (AvgIpc) is 2.47. The fourth-order valence-corrected chi connectivity index (χ4v) is 3.09. The molecule has 0 amide bonds. The lowest BCUT2D eigenvalue weighted by atomic mass is 9.89. The first-order chi connectivity index (χ1) is 9.70. The summed E-state index contributed by atoms with van der Waals surface area (Å²) in [6, 6.07) is 4.39. The molecular weight excluding hydrogens is 246 g/mol. The maximum absolute atomic E-state index is 4.78. The molecule has 112 valence electrons. The summed E-state index contributed by atoms with van der Waals surface area (Å²) >= 11 is 0. The zero-order valence-electron chi connectivity index (χ0n) is 13.3. The highest BCUT2D eigenvalue weighted by Crippen LogP contribution is 2.25. The molecule has 1 aliphatic rings. The molecule has 0 radical (unpaired) electrons. The fourth-order valence-electron chi connectivity index (χ4n) is 3.09. The molecule has 0 bridgehead atoms. The molecule has 2 rings (SSSR count). The first kappa shape index (κ1) is 15.3. The van der Waals surface area contributed by atoms with Crippen molar-refractivity contribution in [2.75, 3.05) is 25.0 Å². The second-order valence-corrected chi connectivity index (χ2v) is 6.08. The van der Waals surface area contributed by atoms with Crippen molar-refractivity contribution >= 4 is 5.82 Å². The Morgan fingerprint density at radius 2 is 2.00 bits per heavy atom. The van der Waals surface area contributed by atoms with Gasteiger partial charge in [-0.1, -0.05) is 32.3 Å². The van der Waals surface area contributed by atoms with Crippen LogP contribution in [0.25, 0.3) is 0 Å². The Kier molecular flexibility index (Phi) is 5.84. The molecule has 0 atom stereocenters. The molecule has 1 saturated carbocycles. The fraction of sp³-hybridized carbons (Fsp3) is 0.706. The summed E-state index contributed by atoms with van der Waals surface area (Å²) in [4.78, 5) is 7.11. The number of anilines is 1. The van der Waals surface area contributed by atoms with Crippen molar-refractivity contribution in [3.63, 3.8) is 0 Å². The monoisotopic (exact) mass is 275 g/mol. The smallest absolute Gasteiger partial charge is 0.128 e. The maximum Gasteiger partial charge on any atom is 0.128 e. The van der Waals surface area contributed by atoms with Crippen LogP contribution >= 0.6 is 0 Å². The van der Waals surface area contributed by atoms with Gasteiger partial charge in [0.05, 0.1) is 0 Å². The van der Waals surface area contributed by atoms with Gasteiger partial charge in [-0.25, -0.2) is 4.98 Å². The first-order valence-corrected chi connectivity index (χ1v) is 8.09. The lowest BCUT2D eigenvalue weighted by Gasteiger charge is -2.28. The molecule has 1 aliphatic carbocycles. The summed E-state index contributed by atoms with van der Waals surface area (Å²) in [5, 5.41) is 3.37. The van der Waals surface area contributed by atoms with Crippen LogP contribution in [0.2, 0.25) is 0 Å². The van der Waals surface area contributed by atoms with Gasteiger partial charge in [-0.2, -0.15) is 0 Å². The molecule has 1 N–H and O–H groups in total. The molecule has 0 saturated heterocycles. The number of aryl methyl sites for hydroxylation is 1. The van der Waals surface area contributed by atoms with E-state index in [0.29, 0.717) is 0 Å². The first-order valence-electron chi connectivity index (χ1n) is 8.09. The normalized spacial score (nSPS) is 16.4. The highest BCUT2D eigenvalue weighted by molar-refractivity contribution is 5.40. The molecule has 0 spiro atoms. The van der Waals surface area contributed by atoms with Crippen LogP contribution in [0, 0.1) is 12.8 Å². The quantitative estimate of drug-likeness (QED) is 0.861. The van der Waals surface area contributed by atoms with Gasteiger partial charge in [0.15, 0.2) is 0 Å². The van der Waals surface area contributed by atoms with Crippen LogP contribution in [-0.2, 0) is 6.54 Å². The number of rotatable bonds is 6. The van der Waals surface area contributed by atoms with Crippen LogP contribution in [0.4, 0.5) is 5.82 Å². The van der Waals surface area contributed by atoms with E-state index in [1.165, 1.54) is 37.7 Å². The van der Waals surface area contributed by atoms with Crippen molar-refractivity contribution in [3.8, 4) is 0 Å². The van der Waals surface area contributed by atoms with Gasteiger partial charge < -0.3 is 10.2 Å². The molecule has 20 heavy (non-hydrogen) atoms. The number of aromatic nitrogens is 1. The number of nitrogens with one attached hydrogen (secondary N) is 1. The van der Waals surface area contributed by atoms with Gasteiger partial charge in [-0.15, -0.1) is 0 Å². The van der Waals surface area contributed by atoms with E-state index in [9.17, 15) is 0 Å². The Hall–Kier alpha value is -1.09. The lowest BCUT2D eigenvalue weighted by Crippen LogP contribution is -2.27. The van der Waals surface area contributed by atoms with Crippen LogP contribution in [0.1, 0.15) is 50.3 Å². The second-order valence-electron chi connectivity index (χ2n) is 6.08. The van der Waals surface area contributed by atoms with E-state index < -0.39 is 0 Å². The van der Waals surface area contributed by atoms with E-state index in [1.807, 2.05) is 0 Å². The standard InChI is InChI=1S/C17H29N3/c1-4-18-12-16-10-11-17(19-14(16)2)20(3)13-15-8-6-5-7-9-15/h10-11,15,18H,4-9,12-13H2,1-3H3. The summed E-state index contributed by atoms with van der Waals surface area (Å²) < 4.78 is 0. The van der Waals surface area contributed by atoms with Gasteiger partial charge >= 0.3 is 0 Å². The minimum Gasteiger partial charge on any atom is -0.359 e. The zero-order valence-corrected chi connectivity index (χ0v) is 13.3. The zero-order chi connectivity index (χ0) is 14.4. The second kappa shape index (κ2) is 7.63. The molecule has 0 aromatic carbocycles. The highest BCUT2D eigenvalue weighted by atomic mass is 15.2. The largest absolute Gasteiger partial charge is 0.359 e. The van der Waals surface area contributed by atoms with Crippen molar-refractivity contribution in [1.82, 2.24) is 10.3 Å². The van der Waals surface area contributed by atoms with E-state index in [-0.39, 0.29) is 0 Å². The third-order valence-electron chi connectivity index (χ3n) is 4.39. The molecule has 3 nitrogen and oxygen atoms in total. The van der Waals surface area contributed by atoms with E-state index in [0.717, 1.165) is 37.1 Å². The predicted octanol–water partition coefficient (Wildman–Crippen LogP) is 3.52. The van der Waals surface area contributed by atoms with Crippen molar-refractivity contribution in [1.29, 1.82) is 0 Å². The summed E-state index contributed by atoms with van der Waals surface area (Å²) in [6.07, 6.45) is 7.03. The van der Waals surface area contributed by atoms with Gasteiger partial charge in [-0.05, 0) is 43.9 Å². The van der Waals surface area contributed by atoms with Crippen molar-refractivity contribution in [3.05, 3.63) is 23.4 Å². The maximum atomic E-state index is 4.78. The minimum absolute atomic E-state index is 0.859. The number of pyridine rings is 1. The third-order valence-corrected chi connectivity index (χ3v) is 4.39. The topological polar surface area (TPSA) is 28.2 Å². The summed E-state index contributed by atoms with van der Waals surface area (Å²) in [7, 11) is 2.18. The SMILES string of the molecule is CCNCc1ccc(N(C)CC2CCCCC2)nc1C. The number of nitrogens with zero attached hydrogens (tertiary/aromatic N) is 2. The molecular formula is C17H29N3. The van der Waals surface area contributed by atoms with E-state index >= 15 is 0 Å². The van der Waals surface area contributed by atoms with Crippen LogP contribution in [0.5, 0.6) is 0 Å². The molecule has 1 aromatic rings. The van der Waals surface area contributed by atoms with Gasteiger partial charge in [-0.3, -0.25) is 0 Å². The van der Waals surface area contributed by atoms with Crippen LogP contribution < -0.4 is 10.2 Å². The molecule has 0 aliphatic heterocycles. The average molecular weight is 275 g/mol. The lowest BCUT2D eigenvalue weighted by molar-refractivity contribution is 0.361. The van der Waals surface area contributed by atoms with Crippen LogP contribution in [0.3, 0.4) is 0 Å². The van der Waals surface area contributed by atoms with E-state index in [2.05, 4.69) is 43.2 Å². The van der Waals surface area contributed by atoms with Crippen molar-refractivity contribution in [2.24, 2.45) is 5.92 Å². The third kappa shape index (κ3) is 4.20. The Morgan fingerprint density at radius 3 is 2.65 bits per heavy atom. The van der Waals surface area contributed by atoms with Crippen molar-refractivity contribution < 1.29 is 0 Å². The summed E-state index contributed by atoms with van der Waals surface area (Å²) in [5.41, 5.74) is 2.46. The minimum atomic E-state index is 0.859. The number of hydrogen-bond donors (Lipinski definition) is 1. The van der Waals surface area contributed by atoms with E-state index in [4.69, 9.17) is 4.98 Å². The summed E-state index contributed by atoms with van der Waals surface area (Å²) in [6.45, 7) is 7.32. The van der Waals surface area contributed by atoms with Gasteiger partial charge in [0.25, 0.3) is 0 Å². The van der Waals surface area contributed by atoms with Gasteiger partial charge in [0.2, 0.25) is 0 Å². The van der Waals surface area contributed by atoms with Gasteiger partial charge in [0, 0.05) is 25.8 Å². The molecule has 3 heteroatoms. The molecule has 1 fully saturated rings.